The van der Waals surface area contributed by atoms with Crippen LogP contribution in [0.25, 0.3) is 0 Å². The Bertz CT molecular complexity index is 1050. The molecule has 0 amide bonds. The van der Waals surface area contributed by atoms with Gasteiger partial charge in [0.1, 0.15) is 5.75 Å². The lowest BCUT2D eigenvalue weighted by atomic mass is 10.1. The van der Waals surface area contributed by atoms with Crippen LogP contribution < -0.4 is 20.1 Å². The highest BCUT2D eigenvalue weighted by molar-refractivity contribution is 14.0. The average Bonchev–Trinajstić information content (AvgIpc) is 2.75. The molecule has 0 saturated heterocycles. The van der Waals surface area contributed by atoms with Gasteiger partial charge >= 0.3 is 0 Å². The summed E-state index contributed by atoms with van der Waals surface area (Å²) in [5.74, 6) is 1.35. The SMILES string of the molecule is CN=C(NCCNS(=O)(=O)c1cccc([N+](=O)[O-])c1)NCCc1cc(C)ccc1OC.I. The molecule has 0 atom stereocenters. The van der Waals surface area contributed by atoms with Gasteiger partial charge in [0, 0.05) is 38.8 Å². The first-order chi connectivity index (χ1) is 14.8. The zero-order valence-electron chi connectivity index (χ0n) is 18.1. The second-order valence-electron chi connectivity index (χ2n) is 6.64. The topological polar surface area (TPSA) is 135 Å². The maximum absolute atomic E-state index is 12.3. The predicted octanol–water partition coefficient (Wildman–Crippen LogP) is 2.22. The summed E-state index contributed by atoms with van der Waals surface area (Å²) in [6.45, 7) is 2.99. The molecule has 0 heterocycles. The highest BCUT2D eigenvalue weighted by Gasteiger charge is 2.17. The molecule has 0 aliphatic heterocycles. The summed E-state index contributed by atoms with van der Waals surface area (Å²) in [5, 5.41) is 17.0. The molecule has 10 nitrogen and oxygen atoms in total. The van der Waals surface area contributed by atoms with E-state index in [1.165, 1.54) is 18.2 Å². The first kappa shape index (κ1) is 27.6. The van der Waals surface area contributed by atoms with Gasteiger partial charge in [-0.15, -0.1) is 24.0 Å². The Balaban J connectivity index is 0.00000512. The molecule has 2 rings (SSSR count). The maximum Gasteiger partial charge on any atom is 0.270 e. The Kier molecular flexibility index (Phi) is 11.4. The van der Waals surface area contributed by atoms with Crippen molar-refractivity contribution in [2.75, 3.05) is 33.8 Å². The molecule has 0 unspecified atom stereocenters. The number of guanidine groups is 1. The predicted molar refractivity (Wildman–Crippen MR) is 134 cm³/mol. The smallest absolute Gasteiger partial charge is 0.270 e. The van der Waals surface area contributed by atoms with E-state index in [1.807, 2.05) is 19.1 Å². The van der Waals surface area contributed by atoms with Crippen LogP contribution in [0.15, 0.2) is 52.4 Å². The summed E-state index contributed by atoms with van der Waals surface area (Å²) in [4.78, 5) is 14.2. The van der Waals surface area contributed by atoms with Crippen molar-refractivity contribution in [1.29, 1.82) is 0 Å². The number of hydrogen-bond donors (Lipinski definition) is 3. The van der Waals surface area contributed by atoms with Gasteiger partial charge in [-0.1, -0.05) is 23.8 Å². The third-order valence-electron chi connectivity index (χ3n) is 4.39. The van der Waals surface area contributed by atoms with E-state index in [1.54, 1.807) is 14.2 Å². The van der Waals surface area contributed by atoms with Crippen molar-refractivity contribution in [3.63, 3.8) is 0 Å². The van der Waals surface area contributed by atoms with Gasteiger partial charge in [-0.25, -0.2) is 13.1 Å². The molecular weight excluding hydrogens is 549 g/mol. The van der Waals surface area contributed by atoms with E-state index >= 15 is 0 Å². The molecule has 2 aromatic carbocycles. The monoisotopic (exact) mass is 577 g/mol. The third kappa shape index (κ3) is 8.24. The minimum atomic E-state index is -3.85. The normalized spacial score (nSPS) is 11.4. The van der Waals surface area contributed by atoms with E-state index in [4.69, 9.17) is 4.74 Å². The van der Waals surface area contributed by atoms with Crippen molar-refractivity contribution in [3.05, 3.63) is 63.7 Å². The van der Waals surface area contributed by atoms with Gasteiger partial charge in [0.05, 0.1) is 16.9 Å². The molecule has 0 aliphatic carbocycles. The molecule has 3 N–H and O–H groups in total. The Morgan fingerprint density at radius 3 is 2.50 bits per heavy atom. The number of sulfonamides is 1. The number of ether oxygens (including phenoxy) is 1. The summed E-state index contributed by atoms with van der Waals surface area (Å²) in [7, 11) is -0.598. The lowest BCUT2D eigenvalue weighted by Gasteiger charge is -2.14. The van der Waals surface area contributed by atoms with Gasteiger partial charge in [-0.3, -0.25) is 15.1 Å². The van der Waals surface area contributed by atoms with Crippen LogP contribution in [0.5, 0.6) is 5.75 Å². The quantitative estimate of drug-likeness (QED) is 0.0985. The molecule has 0 spiro atoms. The number of halogens is 1. The number of nitrogens with zero attached hydrogens (tertiary/aromatic N) is 2. The zero-order valence-corrected chi connectivity index (χ0v) is 21.3. The van der Waals surface area contributed by atoms with Gasteiger partial charge in [-0.2, -0.15) is 0 Å². The number of aryl methyl sites for hydroxylation is 1. The van der Waals surface area contributed by atoms with Crippen LogP contribution in [0, 0.1) is 17.0 Å². The largest absolute Gasteiger partial charge is 0.496 e. The van der Waals surface area contributed by atoms with Crippen molar-refractivity contribution in [3.8, 4) is 5.75 Å². The van der Waals surface area contributed by atoms with Gasteiger partial charge in [-0.05, 0) is 31.0 Å². The molecule has 0 fully saturated rings. The molecule has 0 aromatic heterocycles. The summed E-state index contributed by atoms with van der Waals surface area (Å²) in [6, 6.07) is 10.9. The number of nitro groups is 1. The fourth-order valence-electron chi connectivity index (χ4n) is 2.85. The minimum absolute atomic E-state index is 0. The number of benzene rings is 2. The Labute approximate surface area is 205 Å². The Morgan fingerprint density at radius 1 is 1.12 bits per heavy atom. The van der Waals surface area contributed by atoms with Crippen LogP contribution >= 0.6 is 24.0 Å². The summed E-state index contributed by atoms with van der Waals surface area (Å²) >= 11 is 0. The van der Waals surface area contributed by atoms with Crippen LogP contribution in [0.4, 0.5) is 5.69 Å². The molecule has 12 heteroatoms. The fraction of sp³-hybridized carbons (Fsp3) is 0.350. The lowest BCUT2D eigenvalue weighted by molar-refractivity contribution is -0.385. The van der Waals surface area contributed by atoms with Crippen LogP contribution in [0.1, 0.15) is 11.1 Å². The number of nitro benzene ring substituents is 1. The fourth-order valence-corrected chi connectivity index (χ4v) is 3.92. The average molecular weight is 577 g/mol. The van der Waals surface area contributed by atoms with Gasteiger partial charge < -0.3 is 15.4 Å². The highest BCUT2D eigenvalue weighted by Crippen LogP contribution is 2.19. The molecule has 0 aliphatic rings. The lowest BCUT2D eigenvalue weighted by Crippen LogP contribution is -2.42. The molecule has 2 aromatic rings. The summed E-state index contributed by atoms with van der Waals surface area (Å²) in [6.07, 6.45) is 0.727. The number of aliphatic imine (C=N–C) groups is 1. The molecule has 32 heavy (non-hydrogen) atoms. The summed E-state index contributed by atoms with van der Waals surface area (Å²) in [5.41, 5.74) is 1.94. The van der Waals surface area contributed by atoms with Gasteiger partial charge in [0.2, 0.25) is 10.0 Å². The van der Waals surface area contributed by atoms with Gasteiger partial charge in [0.25, 0.3) is 5.69 Å². The van der Waals surface area contributed by atoms with E-state index in [0.717, 1.165) is 29.4 Å². The molecular formula is C20H28IN5O5S. The second kappa shape index (κ2) is 13.2. The molecule has 0 saturated carbocycles. The molecule has 0 bridgehead atoms. The van der Waals surface area contributed by atoms with Crippen molar-refractivity contribution in [1.82, 2.24) is 15.4 Å². The maximum atomic E-state index is 12.3. The van der Waals surface area contributed by atoms with Crippen molar-refractivity contribution >= 4 is 45.6 Å². The van der Waals surface area contributed by atoms with Crippen LogP contribution in [0.3, 0.4) is 0 Å². The van der Waals surface area contributed by atoms with E-state index in [9.17, 15) is 18.5 Å². The van der Waals surface area contributed by atoms with Crippen molar-refractivity contribution in [2.24, 2.45) is 4.99 Å². The summed E-state index contributed by atoms with van der Waals surface area (Å²) < 4.78 is 32.4. The number of hydrogen-bond acceptors (Lipinski definition) is 6. The highest BCUT2D eigenvalue weighted by atomic mass is 127. The van der Waals surface area contributed by atoms with Crippen LogP contribution in [-0.2, 0) is 16.4 Å². The zero-order chi connectivity index (χ0) is 22.9. The molecule has 176 valence electrons. The van der Waals surface area contributed by atoms with Gasteiger partial charge in [0.15, 0.2) is 5.96 Å². The van der Waals surface area contributed by atoms with E-state index in [0.29, 0.717) is 12.5 Å². The van der Waals surface area contributed by atoms with Crippen molar-refractivity contribution in [2.45, 2.75) is 18.2 Å². The number of rotatable bonds is 10. The number of nitrogens with one attached hydrogen (secondary N) is 3. The number of non-ortho nitro benzene ring substituents is 1. The second-order valence-corrected chi connectivity index (χ2v) is 8.41. The number of methoxy groups -OCH3 is 1. The van der Waals surface area contributed by atoms with Crippen LogP contribution in [-0.4, -0.2) is 53.1 Å². The first-order valence-electron chi connectivity index (χ1n) is 9.59. The molecule has 0 radical (unpaired) electrons. The van der Waals surface area contributed by atoms with E-state index in [-0.39, 0.29) is 47.6 Å². The Hall–Kier alpha value is -2.45. The first-order valence-corrected chi connectivity index (χ1v) is 11.1. The minimum Gasteiger partial charge on any atom is -0.496 e. The Morgan fingerprint density at radius 2 is 1.84 bits per heavy atom. The third-order valence-corrected chi connectivity index (χ3v) is 5.85. The van der Waals surface area contributed by atoms with Crippen LogP contribution in [0.2, 0.25) is 0 Å². The standard InChI is InChI=1S/C20H27N5O5S.HI/c1-15-7-8-19(30-3)16(13-15)9-10-22-20(21-2)23-11-12-24-31(28,29)18-6-4-5-17(14-18)25(26)27;/h4-8,13-14,24H,9-12H2,1-3H3,(H2,21,22,23);1H. The van der Waals surface area contributed by atoms with Crippen molar-refractivity contribution < 1.29 is 18.1 Å². The van der Waals surface area contributed by atoms with E-state index < -0.39 is 14.9 Å². The van der Waals surface area contributed by atoms with E-state index in [2.05, 4.69) is 26.4 Å².